The van der Waals surface area contributed by atoms with Crippen LogP contribution in [0.3, 0.4) is 0 Å². The highest BCUT2D eigenvalue weighted by Crippen LogP contribution is 2.38. The van der Waals surface area contributed by atoms with Crippen molar-refractivity contribution in [2.75, 3.05) is 23.7 Å². The molecule has 0 radical (unpaired) electrons. The van der Waals surface area contributed by atoms with Crippen LogP contribution in [-0.2, 0) is 17.5 Å². The zero-order valence-electron chi connectivity index (χ0n) is 17.8. The summed E-state index contributed by atoms with van der Waals surface area (Å²) < 4.78 is 57.7. The third kappa shape index (κ3) is 6.70. The van der Waals surface area contributed by atoms with Crippen LogP contribution in [-0.4, -0.2) is 19.3 Å². The van der Waals surface area contributed by atoms with Crippen molar-refractivity contribution in [3.8, 4) is 11.8 Å². The third-order valence-electron chi connectivity index (χ3n) is 4.71. The molecule has 6 nitrogen and oxygen atoms in total. The Hall–Kier alpha value is -4.10. The molecule has 176 valence electrons. The van der Waals surface area contributed by atoms with E-state index in [1.807, 2.05) is 6.07 Å². The lowest BCUT2D eigenvalue weighted by Crippen LogP contribution is -2.43. The number of carbonyl (C=O) groups excluding carboxylic acids is 1. The maximum Gasteiger partial charge on any atom is 0.420 e. The van der Waals surface area contributed by atoms with Crippen molar-refractivity contribution >= 4 is 17.3 Å². The van der Waals surface area contributed by atoms with E-state index in [0.29, 0.717) is 11.3 Å². The molecule has 0 atom stereocenters. The average Bonchev–Trinajstić information content (AvgIpc) is 2.82. The van der Waals surface area contributed by atoms with E-state index in [1.54, 1.807) is 54.6 Å². The second-order valence-corrected chi connectivity index (χ2v) is 7.08. The van der Waals surface area contributed by atoms with E-state index in [0.717, 1.165) is 17.7 Å². The van der Waals surface area contributed by atoms with Crippen LogP contribution in [0.1, 0.15) is 16.7 Å². The zero-order valence-corrected chi connectivity index (χ0v) is 17.8. The van der Waals surface area contributed by atoms with Gasteiger partial charge in [0.15, 0.2) is 0 Å². The Morgan fingerprint density at radius 1 is 1.03 bits per heavy atom. The van der Waals surface area contributed by atoms with E-state index in [2.05, 4.69) is 15.5 Å². The molecule has 2 N–H and O–H groups in total. The van der Waals surface area contributed by atoms with Gasteiger partial charge in [-0.2, -0.15) is 18.4 Å². The molecule has 0 bridgehead atoms. The molecule has 0 unspecified atom stereocenters. The van der Waals surface area contributed by atoms with Crippen LogP contribution in [0.2, 0.25) is 0 Å². The van der Waals surface area contributed by atoms with Gasteiger partial charge >= 0.3 is 6.18 Å². The number of hydrogen-bond acceptors (Lipinski definition) is 5. The number of alkyl halides is 4. The van der Waals surface area contributed by atoms with Gasteiger partial charge < -0.3 is 10.1 Å². The number of carbonyl (C=O) groups is 1. The summed E-state index contributed by atoms with van der Waals surface area (Å²) in [5, 5.41) is 12.9. The van der Waals surface area contributed by atoms with Crippen LogP contribution in [0.5, 0.6) is 5.75 Å². The molecule has 0 heterocycles. The lowest BCUT2D eigenvalue weighted by atomic mass is 10.1. The fourth-order valence-corrected chi connectivity index (χ4v) is 3.08. The maximum atomic E-state index is 13.5. The summed E-state index contributed by atoms with van der Waals surface area (Å²) in [5.74, 6) is -1.13. The van der Waals surface area contributed by atoms with Gasteiger partial charge in [-0.1, -0.05) is 30.3 Å². The van der Waals surface area contributed by atoms with Crippen LogP contribution in [0, 0.1) is 11.3 Å². The number of ether oxygens (including phenoxy) is 1. The first-order valence-electron chi connectivity index (χ1n) is 10.0. The first-order valence-corrected chi connectivity index (χ1v) is 10.0. The Morgan fingerprint density at radius 2 is 1.74 bits per heavy atom. The van der Waals surface area contributed by atoms with Crippen LogP contribution in [0.25, 0.3) is 0 Å². The SMILES string of the molecule is N#Cc1ccc(CNN(CC(=O)Nc2ccccc2)c2ccc(OCF)c(C(F)(F)F)c2)cc1. The standard InChI is InChI=1S/C24H20F4N4O2/c25-16-34-22-11-10-20(12-21(22)24(26,27)28)32(15-23(33)31-19-4-2-1-3-5-19)30-14-18-8-6-17(13-29)7-9-18/h1-12,30H,14-16H2,(H,31,33). The minimum atomic E-state index is -4.80. The normalized spacial score (nSPS) is 10.9. The number of nitrogens with zero attached hydrogens (tertiary/aromatic N) is 2. The van der Waals surface area contributed by atoms with Crippen LogP contribution < -0.4 is 20.5 Å². The highest BCUT2D eigenvalue weighted by atomic mass is 19.4. The fraction of sp³-hybridized carbons (Fsp3) is 0.167. The number of rotatable bonds is 9. The second kappa shape index (κ2) is 11.2. The van der Waals surface area contributed by atoms with Crippen LogP contribution in [0.4, 0.5) is 28.9 Å². The molecule has 0 aliphatic carbocycles. The second-order valence-electron chi connectivity index (χ2n) is 7.08. The van der Waals surface area contributed by atoms with E-state index in [1.165, 1.54) is 11.1 Å². The van der Waals surface area contributed by atoms with Crippen LogP contribution in [0.15, 0.2) is 72.8 Å². The number of benzene rings is 3. The van der Waals surface area contributed by atoms with E-state index < -0.39 is 30.3 Å². The molecule has 0 aliphatic rings. The lowest BCUT2D eigenvalue weighted by molar-refractivity contribution is -0.139. The molecular formula is C24H20F4N4O2. The maximum absolute atomic E-state index is 13.5. The van der Waals surface area contributed by atoms with Crippen LogP contribution >= 0.6 is 0 Å². The van der Waals surface area contributed by atoms with Gasteiger partial charge in [0.1, 0.15) is 12.3 Å². The Kier molecular flexibility index (Phi) is 8.05. The molecular weight excluding hydrogens is 452 g/mol. The van der Waals surface area contributed by atoms with Gasteiger partial charge in [0.25, 0.3) is 0 Å². The van der Waals surface area contributed by atoms with Gasteiger partial charge in [-0.05, 0) is 48.0 Å². The lowest BCUT2D eigenvalue weighted by Gasteiger charge is -2.26. The summed E-state index contributed by atoms with van der Waals surface area (Å²) in [5.41, 5.74) is 3.52. The Bertz CT molecular complexity index is 1150. The van der Waals surface area contributed by atoms with Gasteiger partial charge in [-0.25, -0.2) is 9.82 Å². The van der Waals surface area contributed by atoms with Crippen molar-refractivity contribution < 1.29 is 27.1 Å². The van der Waals surface area contributed by atoms with Crippen molar-refractivity contribution in [2.24, 2.45) is 0 Å². The predicted molar refractivity (Wildman–Crippen MR) is 118 cm³/mol. The predicted octanol–water partition coefficient (Wildman–Crippen LogP) is 5.03. The van der Waals surface area contributed by atoms with Crippen molar-refractivity contribution in [3.63, 3.8) is 0 Å². The number of hydrazine groups is 1. The summed E-state index contributed by atoms with van der Waals surface area (Å²) in [4.78, 5) is 12.6. The van der Waals surface area contributed by atoms with Gasteiger partial charge in [0, 0.05) is 12.2 Å². The quantitative estimate of drug-likeness (QED) is 0.337. The molecule has 0 aliphatic heterocycles. The van der Waals surface area contributed by atoms with Crippen molar-refractivity contribution in [3.05, 3.63) is 89.5 Å². The molecule has 3 aromatic rings. The Labute approximate surface area is 193 Å². The van der Waals surface area contributed by atoms with Crippen molar-refractivity contribution in [1.29, 1.82) is 5.26 Å². The number of nitriles is 1. The number of amides is 1. The molecule has 3 aromatic carbocycles. The molecule has 0 saturated carbocycles. The van der Waals surface area contributed by atoms with Gasteiger partial charge in [0.05, 0.1) is 22.9 Å². The zero-order chi connectivity index (χ0) is 24.6. The Balaban J connectivity index is 1.86. The van der Waals surface area contributed by atoms with E-state index in [9.17, 15) is 22.4 Å². The van der Waals surface area contributed by atoms with E-state index in [-0.39, 0.29) is 18.8 Å². The molecule has 34 heavy (non-hydrogen) atoms. The summed E-state index contributed by atoms with van der Waals surface area (Å²) >= 11 is 0. The number of hydrogen-bond donors (Lipinski definition) is 2. The molecule has 3 rings (SSSR count). The third-order valence-corrected chi connectivity index (χ3v) is 4.71. The number of nitrogens with one attached hydrogen (secondary N) is 2. The Morgan fingerprint density at radius 3 is 2.35 bits per heavy atom. The molecule has 0 aromatic heterocycles. The highest BCUT2D eigenvalue weighted by Gasteiger charge is 2.35. The summed E-state index contributed by atoms with van der Waals surface area (Å²) in [6, 6.07) is 20.3. The van der Waals surface area contributed by atoms with E-state index >= 15 is 0 Å². The van der Waals surface area contributed by atoms with Gasteiger partial charge in [0.2, 0.25) is 12.8 Å². The molecule has 0 spiro atoms. The monoisotopic (exact) mass is 472 g/mol. The van der Waals surface area contributed by atoms with Gasteiger partial charge in [-0.3, -0.25) is 9.80 Å². The smallest absolute Gasteiger partial charge is 0.420 e. The summed E-state index contributed by atoms with van der Waals surface area (Å²) in [6.45, 7) is -1.58. The largest absolute Gasteiger partial charge is 0.462 e. The highest BCUT2D eigenvalue weighted by molar-refractivity contribution is 5.94. The summed E-state index contributed by atoms with van der Waals surface area (Å²) in [7, 11) is 0. The first kappa shape index (κ1) is 24.5. The van der Waals surface area contributed by atoms with Crippen molar-refractivity contribution in [1.82, 2.24) is 5.43 Å². The molecule has 0 fully saturated rings. The first-order chi connectivity index (χ1) is 16.3. The number of halogens is 4. The fourth-order valence-electron chi connectivity index (χ4n) is 3.08. The minimum absolute atomic E-state index is 0.0235. The number of para-hydroxylation sites is 1. The minimum Gasteiger partial charge on any atom is -0.462 e. The van der Waals surface area contributed by atoms with Gasteiger partial charge in [-0.15, -0.1) is 0 Å². The average molecular weight is 472 g/mol. The molecule has 1 amide bonds. The number of anilines is 2. The van der Waals surface area contributed by atoms with E-state index in [4.69, 9.17) is 5.26 Å². The van der Waals surface area contributed by atoms with Crippen molar-refractivity contribution in [2.45, 2.75) is 12.7 Å². The molecule has 0 saturated heterocycles. The molecule has 10 heteroatoms. The topological polar surface area (TPSA) is 77.4 Å². The summed E-state index contributed by atoms with van der Waals surface area (Å²) in [6.07, 6.45) is -4.80.